The molecule has 7 nitrogen and oxygen atoms in total. The molecule has 1 heterocycles. The number of aromatic hydroxyl groups is 1. The molecule has 0 radical (unpaired) electrons. The van der Waals surface area contributed by atoms with Crippen LogP contribution in [0.15, 0.2) is 54.6 Å². The van der Waals surface area contributed by atoms with Crippen LogP contribution in [0.25, 0.3) is 0 Å². The van der Waals surface area contributed by atoms with E-state index in [9.17, 15) is 14.7 Å². The van der Waals surface area contributed by atoms with Crippen LogP contribution in [-0.4, -0.2) is 30.1 Å². The normalized spacial score (nSPS) is 13.8. The Morgan fingerprint density at radius 3 is 2.02 bits per heavy atom. The molecule has 3 aromatic rings. The standard InChI is InChI=1S/C34H42N2O5/c1-21-8-11-23(12-9-21)30(32(39)35-24-13-14-27-28(20-24)41-17-16-40-27)36-29(37)15-10-22-18-25(33(2,3)4)31(38)26(19-22)34(5,6)7/h8-9,11-14,18-20,30,38H,10,15-17H2,1-7H3,(H,35,39)(H,36,37). The van der Waals surface area contributed by atoms with E-state index in [1.807, 2.05) is 43.3 Å². The molecule has 41 heavy (non-hydrogen) atoms. The number of phenolic OH excluding ortho intramolecular Hbond substituents is 1. The fourth-order valence-electron chi connectivity index (χ4n) is 4.87. The first-order chi connectivity index (χ1) is 19.2. The van der Waals surface area contributed by atoms with Gasteiger partial charge in [0.25, 0.3) is 5.91 Å². The lowest BCUT2D eigenvalue weighted by atomic mass is 9.78. The van der Waals surface area contributed by atoms with Crippen molar-refractivity contribution in [2.45, 2.75) is 78.2 Å². The number of anilines is 1. The van der Waals surface area contributed by atoms with E-state index in [0.29, 0.717) is 48.1 Å². The second kappa shape index (κ2) is 11.9. The Labute approximate surface area is 243 Å². The van der Waals surface area contributed by atoms with Gasteiger partial charge in [-0.25, -0.2) is 0 Å². The molecular formula is C34H42N2O5. The second-order valence-corrected chi connectivity index (χ2v) is 12.8. The lowest BCUT2D eigenvalue weighted by Gasteiger charge is -2.28. The van der Waals surface area contributed by atoms with Crippen molar-refractivity contribution < 1.29 is 24.2 Å². The number of carbonyl (C=O) groups excluding carboxylic acids is 2. The first-order valence-corrected chi connectivity index (χ1v) is 14.2. The van der Waals surface area contributed by atoms with Gasteiger partial charge in [0.2, 0.25) is 5.91 Å². The van der Waals surface area contributed by atoms with Gasteiger partial charge >= 0.3 is 0 Å². The molecule has 0 saturated carbocycles. The third-order valence-corrected chi connectivity index (χ3v) is 7.21. The zero-order valence-electron chi connectivity index (χ0n) is 25.2. The molecule has 0 spiro atoms. The molecule has 218 valence electrons. The van der Waals surface area contributed by atoms with E-state index in [2.05, 4.69) is 52.2 Å². The maximum absolute atomic E-state index is 13.5. The van der Waals surface area contributed by atoms with Crippen LogP contribution in [0.4, 0.5) is 5.69 Å². The van der Waals surface area contributed by atoms with Gasteiger partial charge in [-0.3, -0.25) is 9.59 Å². The first kappa shape index (κ1) is 30.0. The second-order valence-electron chi connectivity index (χ2n) is 12.8. The Kier molecular flexibility index (Phi) is 8.66. The lowest BCUT2D eigenvalue weighted by molar-refractivity contribution is -0.126. The van der Waals surface area contributed by atoms with Crippen LogP contribution < -0.4 is 20.1 Å². The first-order valence-electron chi connectivity index (χ1n) is 14.2. The van der Waals surface area contributed by atoms with Crippen molar-refractivity contribution in [3.05, 3.63) is 82.4 Å². The minimum Gasteiger partial charge on any atom is -0.507 e. The summed E-state index contributed by atoms with van der Waals surface area (Å²) in [4.78, 5) is 26.8. The van der Waals surface area contributed by atoms with Gasteiger partial charge in [0.1, 0.15) is 25.0 Å². The highest BCUT2D eigenvalue weighted by Crippen LogP contribution is 2.40. The molecular weight excluding hydrogens is 516 g/mol. The molecule has 1 unspecified atom stereocenters. The molecule has 4 rings (SSSR count). The predicted molar refractivity (Wildman–Crippen MR) is 162 cm³/mol. The minimum atomic E-state index is -0.883. The molecule has 2 amide bonds. The fourth-order valence-corrected chi connectivity index (χ4v) is 4.87. The number of phenols is 1. The van der Waals surface area contributed by atoms with Crippen LogP contribution in [-0.2, 0) is 26.8 Å². The predicted octanol–water partition coefficient (Wildman–Crippen LogP) is 6.50. The maximum Gasteiger partial charge on any atom is 0.251 e. The van der Waals surface area contributed by atoms with E-state index < -0.39 is 6.04 Å². The molecule has 0 fully saturated rings. The molecule has 3 N–H and O–H groups in total. The maximum atomic E-state index is 13.5. The number of amides is 2. The number of hydrogen-bond donors (Lipinski definition) is 3. The highest BCUT2D eigenvalue weighted by atomic mass is 16.6. The molecule has 0 aliphatic carbocycles. The van der Waals surface area contributed by atoms with Crippen molar-refractivity contribution >= 4 is 17.5 Å². The van der Waals surface area contributed by atoms with Crippen molar-refractivity contribution in [2.24, 2.45) is 0 Å². The van der Waals surface area contributed by atoms with Crippen molar-refractivity contribution in [1.82, 2.24) is 5.32 Å². The number of rotatable bonds is 7. The van der Waals surface area contributed by atoms with Crippen molar-refractivity contribution in [2.75, 3.05) is 18.5 Å². The molecule has 1 aliphatic heterocycles. The summed E-state index contributed by atoms with van der Waals surface area (Å²) in [7, 11) is 0. The Morgan fingerprint density at radius 1 is 0.854 bits per heavy atom. The third kappa shape index (κ3) is 7.40. The summed E-state index contributed by atoms with van der Waals surface area (Å²) in [6.07, 6.45) is 0.667. The van der Waals surface area contributed by atoms with Crippen LogP contribution in [0.1, 0.15) is 81.8 Å². The van der Waals surface area contributed by atoms with Gasteiger partial charge in [-0.15, -0.1) is 0 Å². The number of aryl methyl sites for hydroxylation is 2. The van der Waals surface area contributed by atoms with E-state index in [-0.39, 0.29) is 29.1 Å². The summed E-state index contributed by atoms with van der Waals surface area (Å²) >= 11 is 0. The zero-order valence-corrected chi connectivity index (χ0v) is 25.2. The van der Waals surface area contributed by atoms with E-state index in [1.54, 1.807) is 18.2 Å². The van der Waals surface area contributed by atoms with E-state index >= 15 is 0 Å². The summed E-state index contributed by atoms with van der Waals surface area (Å²) in [6, 6.07) is 15.9. The van der Waals surface area contributed by atoms with Gasteiger partial charge in [0, 0.05) is 18.2 Å². The Morgan fingerprint density at radius 2 is 1.44 bits per heavy atom. The van der Waals surface area contributed by atoms with Gasteiger partial charge in [0.15, 0.2) is 11.5 Å². The molecule has 1 atom stereocenters. The minimum absolute atomic E-state index is 0.192. The van der Waals surface area contributed by atoms with Crippen LogP contribution in [0.3, 0.4) is 0 Å². The SMILES string of the molecule is Cc1ccc(C(NC(=O)CCc2cc(C(C)(C)C)c(O)c(C(C)(C)C)c2)C(=O)Nc2ccc3c(c2)OCCO3)cc1. The number of fused-ring (bicyclic) bond motifs is 1. The van der Waals surface area contributed by atoms with Crippen molar-refractivity contribution in [1.29, 1.82) is 0 Å². The van der Waals surface area contributed by atoms with Crippen LogP contribution in [0, 0.1) is 6.92 Å². The van der Waals surface area contributed by atoms with Gasteiger partial charge in [-0.2, -0.15) is 0 Å². The average Bonchev–Trinajstić information content (AvgIpc) is 2.90. The third-order valence-electron chi connectivity index (χ3n) is 7.21. The smallest absolute Gasteiger partial charge is 0.251 e. The highest BCUT2D eigenvalue weighted by molar-refractivity contribution is 5.98. The van der Waals surface area contributed by atoms with E-state index in [0.717, 1.165) is 22.3 Å². The Hall–Kier alpha value is -4.00. The van der Waals surface area contributed by atoms with E-state index in [1.165, 1.54) is 0 Å². The van der Waals surface area contributed by atoms with Crippen LogP contribution in [0.5, 0.6) is 17.2 Å². The number of hydrogen-bond acceptors (Lipinski definition) is 5. The number of benzene rings is 3. The van der Waals surface area contributed by atoms with Gasteiger partial charge in [0.05, 0.1) is 0 Å². The average molecular weight is 559 g/mol. The zero-order chi connectivity index (χ0) is 29.9. The topological polar surface area (TPSA) is 96.9 Å². The monoisotopic (exact) mass is 558 g/mol. The summed E-state index contributed by atoms with van der Waals surface area (Å²) in [5, 5.41) is 16.9. The molecule has 1 aliphatic rings. The molecule has 0 bridgehead atoms. The fraction of sp³-hybridized carbons (Fsp3) is 0.412. The Bertz CT molecular complexity index is 1380. The molecule has 7 heteroatoms. The summed E-state index contributed by atoms with van der Waals surface area (Å²) in [6.45, 7) is 15.3. The quantitative estimate of drug-likeness (QED) is 0.308. The summed E-state index contributed by atoms with van der Waals surface area (Å²) in [5.41, 5.74) is 4.47. The number of nitrogens with one attached hydrogen (secondary N) is 2. The van der Waals surface area contributed by atoms with E-state index in [4.69, 9.17) is 9.47 Å². The van der Waals surface area contributed by atoms with Gasteiger partial charge in [-0.1, -0.05) is 83.5 Å². The van der Waals surface area contributed by atoms with Crippen molar-refractivity contribution in [3.8, 4) is 17.2 Å². The number of ether oxygens (including phenoxy) is 2. The molecule has 3 aromatic carbocycles. The highest BCUT2D eigenvalue weighted by Gasteiger charge is 2.27. The Balaban J connectivity index is 1.53. The van der Waals surface area contributed by atoms with Crippen LogP contribution >= 0.6 is 0 Å². The van der Waals surface area contributed by atoms with Crippen LogP contribution in [0.2, 0.25) is 0 Å². The summed E-state index contributed by atoms with van der Waals surface area (Å²) < 4.78 is 11.2. The lowest BCUT2D eigenvalue weighted by Crippen LogP contribution is -2.37. The summed E-state index contributed by atoms with van der Waals surface area (Å²) in [5.74, 6) is 0.928. The molecule has 0 aromatic heterocycles. The largest absolute Gasteiger partial charge is 0.507 e. The van der Waals surface area contributed by atoms with Crippen molar-refractivity contribution in [3.63, 3.8) is 0 Å². The van der Waals surface area contributed by atoms with Gasteiger partial charge < -0.3 is 25.2 Å². The van der Waals surface area contributed by atoms with Gasteiger partial charge in [-0.05, 0) is 58.6 Å². The number of carbonyl (C=O) groups is 2. The molecule has 0 saturated heterocycles.